The van der Waals surface area contributed by atoms with Crippen molar-refractivity contribution in [2.75, 3.05) is 10.6 Å². The summed E-state index contributed by atoms with van der Waals surface area (Å²) in [7, 11) is 0. The summed E-state index contributed by atoms with van der Waals surface area (Å²) in [5, 5.41) is 9.84. The second kappa shape index (κ2) is 8.21. The van der Waals surface area contributed by atoms with E-state index in [0.717, 1.165) is 5.69 Å². The minimum atomic E-state index is -0.375. The molecule has 7 nitrogen and oxygen atoms in total. The van der Waals surface area contributed by atoms with E-state index in [9.17, 15) is 4.79 Å². The van der Waals surface area contributed by atoms with E-state index in [1.54, 1.807) is 19.1 Å². The van der Waals surface area contributed by atoms with Crippen molar-refractivity contribution in [2.24, 2.45) is 0 Å². The molecular formula is C21H25N5O2. The van der Waals surface area contributed by atoms with Crippen LogP contribution in [0, 0.1) is 6.92 Å². The van der Waals surface area contributed by atoms with Gasteiger partial charge in [-0.3, -0.25) is 4.79 Å². The Bertz CT molecular complexity index is 952. The molecule has 0 saturated carbocycles. The number of carbonyl (C=O) groups is 1. The number of nitrogens with zero attached hydrogens (tertiary/aromatic N) is 3. The SMILES string of the molecule is Cc1cc(NC(=O)c2cc(Nc3c(C(C)C)cccc3C(C)C)ncn2)no1. The van der Waals surface area contributed by atoms with Gasteiger partial charge in [0.2, 0.25) is 0 Å². The molecule has 0 unspecified atom stereocenters. The largest absolute Gasteiger partial charge is 0.360 e. The lowest BCUT2D eigenvalue weighted by Crippen LogP contribution is -2.14. The van der Waals surface area contributed by atoms with Crippen molar-refractivity contribution >= 4 is 23.2 Å². The lowest BCUT2D eigenvalue weighted by molar-refractivity contribution is 0.102. The highest BCUT2D eigenvalue weighted by Crippen LogP contribution is 2.34. The van der Waals surface area contributed by atoms with Crippen molar-refractivity contribution in [2.45, 2.75) is 46.5 Å². The van der Waals surface area contributed by atoms with Crippen LogP contribution in [0.3, 0.4) is 0 Å². The number of nitrogens with one attached hydrogen (secondary N) is 2. The molecule has 0 spiro atoms. The number of carbonyl (C=O) groups excluding carboxylic acids is 1. The van der Waals surface area contributed by atoms with Gasteiger partial charge in [0, 0.05) is 17.8 Å². The zero-order chi connectivity index (χ0) is 20.3. The van der Waals surface area contributed by atoms with Crippen LogP contribution in [0.2, 0.25) is 0 Å². The van der Waals surface area contributed by atoms with Gasteiger partial charge in [-0.25, -0.2) is 9.97 Å². The normalized spacial score (nSPS) is 11.1. The predicted molar refractivity (Wildman–Crippen MR) is 109 cm³/mol. The standard InChI is InChI=1S/C21H25N5O2/c1-12(2)15-7-6-8-16(13(3)4)20(15)24-18-10-17(22-11-23-18)21(27)25-19-9-14(5)28-26-19/h6-13H,1-5H3,(H,22,23,24)(H,25,26,27). The quantitative estimate of drug-likeness (QED) is 0.625. The monoisotopic (exact) mass is 379 g/mol. The topological polar surface area (TPSA) is 92.9 Å². The smallest absolute Gasteiger partial charge is 0.275 e. The Labute approximate surface area is 164 Å². The van der Waals surface area contributed by atoms with Gasteiger partial charge in [-0.1, -0.05) is 51.1 Å². The summed E-state index contributed by atoms with van der Waals surface area (Å²) in [5.41, 5.74) is 3.68. The van der Waals surface area contributed by atoms with Crippen molar-refractivity contribution in [3.8, 4) is 0 Å². The minimum absolute atomic E-state index is 0.242. The van der Waals surface area contributed by atoms with Crippen molar-refractivity contribution in [1.29, 1.82) is 0 Å². The van der Waals surface area contributed by atoms with Crippen LogP contribution in [0.5, 0.6) is 0 Å². The van der Waals surface area contributed by atoms with Crippen LogP contribution in [-0.2, 0) is 0 Å². The molecule has 0 bridgehead atoms. The molecule has 2 heterocycles. The van der Waals surface area contributed by atoms with E-state index in [0.29, 0.717) is 29.2 Å². The van der Waals surface area contributed by atoms with E-state index in [2.05, 4.69) is 71.7 Å². The fourth-order valence-corrected chi connectivity index (χ4v) is 2.98. The van der Waals surface area contributed by atoms with E-state index < -0.39 is 0 Å². The summed E-state index contributed by atoms with van der Waals surface area (Å²) in [6, 6.07) is 9.57. The van der Waals surface area contributed by atoms with E-state index in [4.69, 9.17) is 4.52 Å². The predicted octanol–water partition coefficient (Wildman–Crippen LogP) is 5.02. The molecule has 1 amide bonds. The van der Waals surface area contributed by atoms with Crippen molar-refractivity contribution < 1.29 is 9.32 Å². The first kappa shape index (κ1) is 19.5. The molecule has 0 aliphatic rings. The van der Waals surface area contributed by atoms with Gasteiger partial charge in [0.25, 0.3) is 5.91 Å². The lowest BCUT2D eigenvalue weighted by atomic mass is 9.92. The average molecular weight is 379 g/mol. The van der Waals surface area contributed by atoms with Gasteiger partial charge in [-0.05, 0) is 29.9 Å². The highest BCUT2D eigenvalue weighted by Gasteiger charge is 2.16. The van der Waals surface area contributed by atoms with E-state index >= 15 is 0 Å². The third-order valence-electron chi connectivity index (χ3n) is 4.40. The zero-order valence-electron chi connectivity index (χ0n) is 16.8. The number of aryl methyl sites for hydroxylation is 1. The first-order valence-electron chi connectivity index (χ1n) is 9.31. The number of para-hydroxylation sites is 1. The molecule has 146 valence electrons. The second-order valence-electron chi connectivity index (χ2n) is 7.31. The second-order valence-corrected chi connectivity index (χ2v) is 7.31. The summed E-state index contributed by atoms with van der Waals surface area (Å²) in [4.78, 5) is 20.8. The molecule has 7 heteroatoms. The number of aromatic nitrogens is 3. The molecule has 2 N–H and O–H groups in total. The van der Waals surface area contributed by atoms with Gasteiger partial charge in [-0.15, -0.1) is 0 Å². The van der Waals surface area contributed by atoms with Gasteiger partial charge in [0.15, 0.2) is 5.82 Å². The number of benzene rings is 1. The maximum Gasteiger partial charge on any atom is 0.275 e. The molecule has 0 aliphatic carbocycles. The van der Waals surface area contributed by atoms with Crippen LogP contribution in [0.15, 0.2) is 41.2 Å². The Hall–Kier alpha value is -3.22. The van der Waals surface area contributed by atoms with Crippen LogP contribution in [0.1, 0.15) is 66.9 Å². The van der Waals surface area contributed by atoms with Crippen molar-refractivity contribution in [1.82, 2.24) is 15.1 Å². The lowest BCUT2D eigenvalue weighted by Gasteiger charge is -2.20. The average Bonchev–Trinajstić information content (AvgIpc) is 3.06. The molecule has 0 radical (unpaired) electrons. The molecule has 3 aromatic rings. The summed E-state index contributed by atoms with van der Waals surface area (Å²) in [6.07, 6.45) is 1.37. The minimum Gasteiger partial charge on any atom is -0.360 e. The maximum atomic E-state index is 12.5. The van der Waals surface area contributed by atoms with Gasteiger partial charge >= 0.3 is 0 Å². The van der Waals surface area contributed by atoms with E-state index in [1.807, 2.05) is 0 Å². The van der Waals surface area contributed by atoms with Crippen LogP contribution in [0.4, 0.5) is 17.3 Å². The fraction of sp³-hybridized carbons (Fsp3) is 0.333. The summed E-state index contributed by atoms with van der Waals surface area (Å²) >= 11 is 0. The molecule has 28 heavy (non-hydrogen) atoms. The Balaban J connectivity index is 1.88. The summed E-state index contributed by atoms with van der Waals surface area (Å²) < 4.78 is 4.97. The van der Waals surface area contributed by atoms with Crippen LogP contribution < -0.4 is 10.6 Å². The zero-order valence-corrected chi connectivity index (χ0v) is 16.8. The van der Waals surface area contributed by atoms with Gasteiger partial charge < -0.3 is 15.2 Å². The molecule has 2 aromatic heterocycles. The number of anilines is 3. The van der Waals surface area contributed by atoms with Gasteiger partial charge in [-0.2, -0.15) is 0 Å². The van der Waals surface area contributed by atoms with Crippen molar-refractivity contribution in [3.63, 3.8) is 0 Å². The Kier molecular flexibility index (Phi) is 5.73. The highest BCUT2D eigenvalue weighted by molar-refractivity contribution is 6.02. The fourth-order valence-electron chi connectivity index (χ4n) is 2.98. The van der Waals surface area contributed by atoms with E-state index in [1.165, 1.54) is 17.5 Å². The van der Waals surface area contributed by atoms with Crippen molar-refractivity contribution in [3.05, 3.63) is 59.2 Å². The van der Waals surface area contributed by atoms with Crippen LogP contribution in [-0.4, -0.2) is 21.0 Å². The Morgan fingerprint density at radius 3 is 2.25 bits per heavy atom. The first-order valence-corrected chi connectivity index (χ1v) is 9.31. The van der Waals surface area contributed by atoms with E-state index in [-0.39, 0.29) is 11.6 Å². The molecule has 0 saturated heterocycles. The Morgan fingerprint density at radius 2 is 1.68 bits per heavy atom. The molecule has 0 atom stereocenters. The number of hydrogen-bond donors (Lipinski definition) is 2. The molecule has 0 fully saturated rings. The van der Waals surface area contributed by atoms with Gasteiger partial charge in [0.05, 0.1) is 0 Å². The number of hydrogen-bond acceptors (Lipinski definition) is 6. The van der Waals surface area contributed by atoms with Crippen LogP contribution in [0.25, 0.3) is 0 Å². The third kappa shape index (κ3) is 4.36. The third-order valence-corrected chi connectivity index (χ3v) is 4.40. The number of amides is 1. The summed E-state index contributed by atoms with van der Waals surface area (Å²) in [5.74, 6) is 1.85. The molecule has 1 aromatic carbocycles. The maximum absolute atomic E-state index is 12.5. The molecule has 0 aliphatic heterocycles. The number of rotatable bonds is 6. The molecular weight excluding hydrogens is 354 g/mol. The Morgan fingerprint density at radius 1 is 1.00 bits per heavy atom. The molecule has 3 rings (SSSR count). The van der Waals surface area contributed by atoms with Gasteiger partial charge in [0.1, 0.15) is 23.6 Å². The first-order chi connectivity index (χ1) is 13.3. The summed E-state index contributed by atoms with van der Waals surface area (Å²) in [6.45, 7) is 10.4. The highest BCUT2D eigenvalue weighted by atomic mass is 16.5. The van der Waals surface area contributed by atoms with Crippen LogP contribution >= 0.6 is 0 Å².